The Morgan fingerprint density at radius 2 is 0.595 bits per heavy atom. The first-order valence-electron chi connectivity index (χ1n) is 11.5. The second kappa shape index (κ2) is 10.2. The molecule has 4 aromatic carbocycles. The lowest BCUT2D eigenvalue weighted by molar-refractivity contribution is -0.144. The van der Waals surface area contributed by atoms with Gasteiger partial charge in [0, 0.05) is 22.5 Å². The highest BCUT2D eigenvalue weighted by Crippen LogP contribution is 2.42. The second-order valence-electron chi connectivity index (χ2n) is 9.19. The van der Waals surface area contributed by atoms with Crippen LogP contribution in [0.5, 0.6) is 0 Å². The number of alkyl halides is 12. The second-order valence-corrected chi connectivity index (χ2v) is 9.19. The van der Waals surface area contributed by atoms with Gasteiger partial charge >= 0.3 is 24.7 Å². The van der Waals surface area contributed by atoms with Gasteiger partial charge in [-0.05, 0) is 70.8 Å². The van der Waals surface area contributed by atoms with Crippen LogP contribution in [0.3, 0.4) is 0 Å². The Morgan fingerprint density at radius 3 is 0.810 bits per heavy atom. The highest BCUT2D eigenvalue weighted by Gasteiger charge is 2.38. The van der Waals surface area contributed by atoms with Gasteiger partial charge in [0.2, 0.25) is 0 Å². The van der Waals surface area contributed by atoms with E-state index in [4.69, 9.17) is 11.5 Å². The van der Waals surface area contributed by atoms with Crippen LogP contribution in [0, 0.1) is 0 Å². The summed E-state index contributed by atoms with van der Waals surface area (Å²) >= 11 is 0. The van der Waals surface area contributed by atoms with Crippen molar-refractivity contribution in [1.29, 1.82) is 0 Å². The molecule has 4 rings (SSSR count). The third-order valence-electron chi connectivity index (χ3n) is 6.24. The van der Waals surface area contributed by atoms with Gasteiger partial charge < -0.3 is 11.5 Å². The summed E-state index contributed by atoms with van der Waals surface area (Å²) in [7, 11) is 0. The fourth-order valence-corrected chi connectivity index (χ4v) is 4.22. The summed E-state index contributed by atoms with van der Waals surface area (Å²) in [5.74, 6) is 0. The Morgan fingerprint density at radius 1 is 0.333 bits per heavy atom. The van der Waals surface area contributed by atoms with Crippen molar-refractivity contribution in [3.8, 4) is 33.4 Å². The molecule has 0 amide bonds. The van der Waals surface area contributed by atoms with Gasteiger partial charge in [-0.25, -0.2) is 0 Å². The number of halogens is 12. The molecule has 0 saturated carbocycles. The van der Waals surface area contributed by atoms with Crippen LogP contribution < -0.4 is 11.5 Å². The van der Waals surface area contributed by atoms with E-state index < -0.39 is 58.1 Å². The molecule has 0 aliphatic carbocycles. The molecule has 0 saturated heterocycles. The van der Waals surface area contributed by atoms with Gasteiger partial charge in [0.25, 0.3) is 0 Å². The smallest absolute Gasteiger partial charge is 0.398 e. The van der Waals surface area contributed by atoms with Crippen molar-refractivity contribution in [3.63, 3.8) is 0 Å². The van der Waals surface area contributed by atoms with Crippen molar-refractivity contribution in [2.45, 2.75) is 24.7 Å². The quantitative estimate of drug-likeness (QED) is 0.180. The Kier molecular flexibility index (Phi) is 7.41. The molecule has 0 aliphatic rings. The Bertz CT molecular complexity index is 1460. The summed E-state index contributed by atoms with van der Waals surface area (Å²) in [4.78, 5) is 0. The number of rotatable bonds is 3. The standard InChI is InChI=1S/C28H16F12N2/c29-25(30,31)17-5-15(6-18(11-17)26(32,33)34)13-1-3-21(23(41)9-13)22-4-2-14(10-24(22)42)16-7-19(27(35,36)37)12-20(8-16)28(38,39)40/h1-12H,41-42H2. The van der Waals surface area contributed by atoms with E-state index in [-0.39, 0.29) is 45.8 Å². The summed E-state index contributed by atoms with van der Waals surface area (Å²) in [5, 5.41) is 0. The van der Waals surface area contributed by atoms with E-state index in [0.29, 0.717) is 24.3 Å². The molecular formula is C28H16F12N2. The van der Waals surface area contributed by atoms with E-state index in [0.717, 1.165) is 12.1 Å². The normalized spacial score (nSPS) is 13.0. The lowest BCUT2D eigenvalue weighted by Crippen LogP contribution is -2.11. The van der Waals surface area contributed by atoms with Gasteiger partial charge in [0.05, 0.1) is 22.3 Å². The summed E-state index contributed by atoms with van der Waals surface area (Å²) < 4.78 is 159. The minimum absolute atomic E-state index is 0.0223. The average molecular weight is 608 g/mol. The van der Waals surface area contributed by atoms with Crippen molar-refractivity contribution in [2.24, 2.45) is 0 Å². The maximum atomic E-state index is 13.3. The van der Waals surface area contributed by atoms with E-state index >= 15 is 0 Å². The number of nitrogen functional groups attached to an aromatic ring is 2. The van der Waals surface area contributed by atoms with E-state index in [9.17, 15) is 52.7 Å². The molecule has 0 aliphatic heterocycles. The molecule has 0 aromatic heterocycles. The van der Waals surface area contributed by atoms with E-state index in [1.165, 1.54) is 24.3 Å². The fraction of sp³-hybridized carbons (Fsp3) is 0.143. The van der Waals surface area contributed by atoms with Crippen molar-refractivity contribution in [2.75, 3.05) is 11.5 Å². The van der Waals surface area contributed by atoms with Crippen molar-refractivity contribution in [3.05, 3.63) is 95.1 Å². The number of anilines is 2. The first-order valence-corrected chi connectivity index (χ1v) is 11.5. The molecular weight excluding hydrogens is 592 g/mol. The zero-order valence-electron chi connectivity index (χ0n) is 20.6. The third-order valence-corrected chi connectivity index (χ3v) is 6.24. The van der Waals surface area contributed by atoms with Gasteiger partial charge in [-0.15, -0.1) is 0 Å². The molecule has 0 heterocycles. The number of nitrogens with two attached hydrogens (primary N) is 2. The molecule has 0 unspecified atom stereocenters. The number of hydrogen-bond donors (Lipinski definition) is 2. The predicted molar refractivity (Wildman–Crippen MR) is 132 cm³/mol. The Hall–Kier alpha value is -4.36. The van der Waals surface area contributed by atoms with E-state index in [2.05, 4.69) is 0 Å². The molecule has 0 fully saturated rings. The number of hydrogen-bond acceptors (Lipinski definition) is 2. The van der Waals surface area contributed by atoms with Crippen LogP contribution in [0.2, 0.25) is 0 Å². The molecule has 222 valence electrons. The van der Waals surface area contributed by atoms with Crippen LogP contribution in [-0.2, 0) is 24.7 Å². The minimum Gasteiger partial charge on any atom is -0.398 e. The zero-order chi connectivity index (χ0) is 31.4. The first kappa shape index (κ1) is 30.6. The third kappa shape index (κ3) is 6.42. The maximum Gasteiger partial charge on any atom is 0.416 e. The maximum absolute atomic E-state index is 13.3. The molecule has 2 nitrogen and oxygen atoms in total. The zero-order valence-corrected chi connectivity index (χ0v) is 20.6. The Labute approximate surface area is 229 Å². The van der Waals surface area contributed by atoms with Crippen molar-refractivity contribution >= 4 is 11.4 Å². The molecule has 42 heavy (non-hydrogen) atoms. The predicted octanol–water partition coefficient (Wildman–Crippen LogP) is 9.93. The highest BCUT2D eigenvalue weighted by atomic mass is 19.4. The van der Waals surface area contributed by atoms with Crippen LogP contribution in [-0.4, -0.2) is 0 Å². The van der Waals surface area contributed by atoms with Crippen LogP contribution in [0.25, 0.3) is 33.4 Å². The lowest BCUT2D eigenvalue weighted by atomic mass is 9.93. The molecule has 14 heteroatoms. The van der Waals surface area contributed by atoms with Gasteiger partial charge in [0.1, 0.15) is 0 Å². The molecule has 0 spiro atoms. The van der Waals surface area contributed by atoms with Crippen LogP contribution >= 0.6 is 0 Å². The SMILES string of the molecule is Nc1cc(-c2cc(C(F)(F)F)cc(C(F)(F)F)c2)ccc1-c1ccc(-c2cc(C(F)(F)F)cc(C(F)(F)F)c2)cc1N. The van der Waals surface area contributed by atoms with Gasteiger partial charge in [-0.3, -0.25) is 0 Å². The van der Waals surface area contributed by atoms with Gasteiger partial charge in [0.15, 0.2) is 0 Å². The summed E-state index contributed by atoms with van der Waals surface area (Å²) in [5.41, 5.74) is 4.99. The van der Waals surface area contributed by atoms with Gasteiger partial charge in [-0.1, -0.05) is 24.3 Å². The average Bonchev–Trinajstić information content (AvgIpc) is 2.86. The molecule has 4 aromatic rings. The van der Waals surface area contributed by atoms with Crippen molar-refractivity contribution < 1.29 is 52.7 Å². The first-order chi connectivity index (χ1) is 19.1. The summed E-state index contributed by atoms with van der Waals surface area (Å²) in [6.45, 7) is 0. The highest BCUT2D eigenvalue weighted by molar-refractivity contribution is 5.89. The molecule has 0 bridgehead atoms. The summed E-state index contributed by atoms with van der Waals surface area (Å²) in [6, 6.07) is 9.18. The molecule has 4 N–H and O–H groups in total. The lowest BCUT2D eigenvalue weighted by Gasteiger charge is -2.17. The largest absolute Gasteiger partial charge is 0.416 e. The van der Waals surface area contributed by atoms with Gasteiger partial charge in [-0.2, -0.15) is 52.7 Å². The fourth-order valence-electron chi connectivity index (χ4n) is 4.22. The van der Waals surface area contributed by atoms with Crippen molar-refractivity contribution in [1.82, 2.24) is 0 Å². The molecule has 0 atom stereocenters. The number of benzene rings is 4. The van der Waals surface area contributed by atoms with Crippen LogP contribution in [0.4, 0.5) is 64.1 Å². The van der Waals surface area contributed by atoms with Crippen LogP contribution in [0.15, 0.2) is 72.8 Å². The van der Waals surface area contributed by atoms with E-state index in [1.807, 2.05) is 0 Å². The topological polar surface area (TPSA) is 52.0 Å². The van der Waals surface area contributed by atoms with Crippen LogP contribution in [0.1, 0.15) is 22.3 Å². The molecule has 0 radical (unpaired) electrons. The monoisotopic (exact) mass is 608 g/mol. The Balaban J connectivity index is 1.76. The summed E-state index contributed by atoms with van der Waals surface area (Å²) in [6.07, 6.45) is -20.3. The minimum atomic E-state index is -5.07. The van der Waals surface area contributed by atoms with E-state index in [1.54, 1.807) is 0 Å².